The van der Waals surface area contributed by atoms with E-state index in [4.69, 9.17) is 4.98 Å². The molecule has 0 spiro atoms. The van der Waals surface area contributed by atoms with E-state index in [2.05, 4.69) is 40.1 Å². The highest BCUT2D eigenvalue weighted by atomic mass is 15.3. The highest BCUT2D eigenvalue weighted by Gasteiger charge is 2.27. The van der Waals surface area contributed by atoms with E-state index in [0.717, 1.165) is 37.6 Å². The molecule has 6 heteroatoms. The third-order valence-electron chi connectivity index (χ3n) is 4.54. The van der Waals surface area contributed by atoms with Gasteiger partial charge in [-0.3, -0.25) is 14.7 Å². The SMILES string of the molecule is CC(C)c1n[nH]c([C@@H]2CCCCN2CCc2ccnn2C)n1. The molecule has 2 aromatic rings. The van der Waals surface area contributed by atoms with Gasteiger partial charge in [-0.05, 0) is 25.5 Å². The van der Waals surface area contributed by atoms with Gasteiger partial charge in [0.25, 0.3) is 0 Å². The van der Waals surface area contributed by atoms with Crippen molar-refractivity contribution in [3.8, 4) is 0 Å². The standard InChI is InChI=1S/C16H26N6/c1-12(2)15-18-16(20-19-15)14-6-4-5-10-22(14)11-8-13-7-9-17-21(13)3/h7,9,12,14H,4-6,8,10-11H2,1-3H3,(H,18,19,20)/t14-/m0/s1. The van der Waals surface area contributed by atoms with Gasteiger partial charge in [0.1, 0.15) is 5.82 Å². The molecule has 3 rings (SSSR count). The number of aromatic nitrogens is 5. The first kappa shape index (κ1) is 15.2. The van der Waals surface area contributed by atoms with Crippen molar-refractivity contribution in [3.63, 3.8) is 0 Å². The number of piperidine rings is 1. The molecule has 22 heavy (non-hydrogen) atoms. The number of nitrogens with zero attached hydrogens (tertiary/aromatic N) is 5. The Balaban J connectivity index is 1.69. The second-order valence-corrected chi connectivity index (χ2v) is 6.48. The first-order valence-corrected chi connectivity index (χ1v) is 8.28. The minimum atomic E-state index is 0.372. The molecule has 3 heterocycles. The van der Waals surface area contributed by atoms with Crippen LogP contribution in [0.5, 0.6) is 0 Å². The average Bonchev–Trinajstić information content (AvgIpc) is 3.14. The maximum absolute atomic E-state index is 4.72. The van der Waals surface area contributed by atoms with E-state index in [1.54, 1.807) is 0 Å². The number of aryl methyl sites for hydroxylation is 1. The summed E-state index contributed by atoms with van der Waals surface area (Å²) >= 11 is 0. The average molecular weight is 302 g/mol. The van der Waals surface area contributed by atoms with Gasteiger partial charge >= 0.3 is 0 Å². The lowest BCUT2D eigenvalue weighted by Crippen LogP contribution is -2.35. The fourth-order valence-electron chi connectivity index (χ4n) is 3.17. The van der Waals surface area contributed by atoms with Crippen LogP contribution >= 0.6 is 0 Å². The molecule has 0 radical (unpaired) electrons. The Bertz CT molecular complexity index is 599. The van der Waals surface area contributed by atoms with Gasteiger partial charge in [0.2, 0.25) is 0 Å². The van der Waals surface area contributed by atoms with Crippen LogP contribution in [0.15, 0.2) is 12.3 Å². The van der Waals surface area contributed by atoms with Gasteiger partial charge in [-0.15, -0.1) is 0 Å². The van der Waals surface area contributed by atoms with Gasteiger partial charge in [-0.1, -0.05) is 20.3 Å². The second-order valence-electron chi connectivity index (χ2n) is 6.48. The van der Waals surface area contributed by atoms with Gasteiger partial charge in [-0.25, -0.2) is 4.98 Å². The van der Waals surface area contributed by atoms with Crippen LogP contribution in [0.1, 0.15) is 62.4 Å². The van der Waals surface area contributed by atoms with E-state index in [1.165, 1.54) is 18.5 Å². The molecule has 120 valence electrons. The Labute approximate surface area is 131 Å². The molecule has 0 unspecified atom stereocenters. The minimum Gasteiger partial charge on any atom is -0.293 e. The summed E-state index contributed by atoms with van der Waals surface area (Å²) in [5.74, 6) is 2.33. The van der Waals surface area contributed by atoms with Crippen molar-refractivity contribution in [1.82, 2.24) is 29.9 Å². The lowest BCUT2D eigenvalue weighted by molar-refractivity contribution is 0.143. The van der Waals surface area contributed by atoms with Gasteiger partial charge in [0, 0.05) is 37.8 Å². The number of H-pyrrole nitrogens is 1. The number of nitrogens with one attached hydrogen (secondary N) is 1. The van der Waals surface area contributed by atoms with Crippen molar-refractivity contribution in [2.75, 3.05) is 13.1 Å². The molecule has 0 saturated carbocycles. The Kier molecular flexibility index (Phi) is 4.57. The van der Waals surface area contributed by atoms with Crippen LogP contribution < -0.4 is 0 Å². The highest BCUT2D eigenvalue weighted by molar-refractivity contribution is 5.04. The van der Waals surface area contributed by atoms with Crippen molar-refractivity contribution < 1.29 is 0 Å². The molecule has 1 N–H and O–H groups in total. The second kappa shape index (κ2) is 6.60. The summed E-state index contributed by atoms with van der Waals surface area (Å²) in [6, 6.07) is 2.48. The molecule has 0 bridgehead atoms. The summed E-state index contributed by atoms with van der Waals surface area (Å²) in [7, 11) is 2.01. The Morgan fingerprint density at radius 2 is 2.23 bits per heavy atom. The summed E-state index contributed by atoms with van der Waals surface area (Å²) in [6.07, 6.45) is 6.60. The van der Waals surface area contributed by atoms with Crippen LogP contribution in [0.2, 0.25) is 0 Å². The molecule has 1 saturated heterocycles. The molecule has 6 nitrogen and oxygen atoms in total. The number of aromatic amines is 1. The van der Waals surface area contributed by atoms with Crippen molar-refractivity contribution in [2.45, 2.75) is 51.5 Å². The third-order valence-corrected chi connectivity index (χ3v) is 4.54. The monoisotopic (exact) mass is 302 g/mol. The molecule has 0 aliphatic carbocycles. The third kappa shape index (κ3) is 3.21. The molecule has 0 aromatic carbocycles. The molecular formula is C16H26N6. The molecule has 1 atom stereocenters. The normalized spacial score (nSPS) is 19.9. The van der Waals surface area contributed by atoms with E-state index in [9.17, 15) is 0 Å². The summed E-state index contributed by atoms with van der Waals surface area (Å²) in [4.78, 5) is 7.26. The predicted molar refractivity (Wildman–Crippen MR) is 85.5 cm³/mol. The van der Waals surface area contributed by atoms with Crippen LogP contribution in [0.3, 0.4) is 0 Å². The molecule has 2 aromatic heterocycles. The van der Waals surface area contributed by atoms with Gasteiger partial charge < -0.3 is 0 Å². The van der Waals surface area contributed by atoms with Crippen LogP contribution in [-0.2, 0) is 13.5 Å². The molecule has 1 fully saturated rings. The maximum atomic E-state index is 4.72. The van der Waals surface area contributed by atoms with Crippen LogP contribution in [0.4, 0.5) is 0 Å². The summed E-state index contributed by atoms with van der Waals surface area (Å²) in [6.45, 7) is 6.45. The zero-order valence-corrected chi connectivity index (χ0v) is 13.8. The van der Waals surface area contributed by atoms with Gasteiger partial charge in [0.15, 0.2) is 5.82 Å². The fraction of sp³-hybridized carbons (Fsp3) is 0.688. The molecule has 1 aliphatic heterocycles. The number of hydrogen-bond donors (Lipinski definition) is 1. The highest BCUT2D eigenvalue weighted by Crippen LogP contribution is 2.29. The molecule has 0 amide bonds. The first-order chi connectivity index (χ1) is 10.6. The van der Waals surface area contributed by atoms with Gasteiger partial charge in [-0.2, -0.15) is 10.2 Å². The maximum Gasteiger partial charge on any atom is 0.153 e. The summed E-state index contributed by atoms with van der Waals surface area (Å²) < 4.78 is 1.96. The van der Waals surface area contributed by atoms with Crippen molar-refractivity contribution in [3.05, 3.63) is 29.6 Å². The van der Waals surface area contributed by atoms with Crippen LogP contribution in [0, 0.1) is 0 Å². The van der Waals surface area contributed by atoms with E-state index < -0.39 is 0 Å². The van der Waals surface area contributed by atoms with E-state index in [-0.39, 0.29) is 0 Å². The minimum absolute atomic E-state index is 0.372. The first-order valence-electron chi connectivity index (χ1n) is 8.28. The number of hydrogen-bond acceptors (Lipinski definition) is 4. The van der Waals surface area contributed by atoms with E-state index in [0.29, 0.717) is 12.0 Å². The molecular weight excluding hydrogens is 276 g/mol. The van der Waals surface area contributed by atoms with Crippen LogP contribution in [0.25, 0.3) is 0 Å². The largest absolute Gasteiger partial charge is 0.293 e. The van der Waals surface area contributed by atoms with Crippen molar-refractivity contribution in [2.24, 2.45) is 7.05 Å². The van der Waals surface area contributed by atoms with Crippen LogP contribution in [-0.4, -0.2) is 43.0 Å². The van der Waals surface area contributed by atoms with Crippen molar-refractivity contribution >= 4 is 0 Å². The number of likely N-dealkylation sites (tertiary alicyclic amines) is 1. The lowest BCUT2D eigenvalue weighted by Gasteiger charge is -2.34. The van der Waals surface area contributed by atoms with E-state index >= 15 is 0 Å². The summed E-state index contributed by atoms with van der Waals surface area (Å²) in [5.41, 5.74) is 1.28. The van der Waals surface area contributed by atoms with E-state index in [1.807, 2.05) is 17.9 Å². The fourth-order valence-corrected chi connectivity index (χ4v) is 3.17. The zero-order chi connectivity index (χ0) is 15.5. The number of rotatable bonds is 5. The van der Waals surface area contributed by atoms with Gasteiger partial charge in [0.05, 0.1) is 6.04 Å². The quantitative estimate of drug-likeness (QED) is 0.921. The molecule has 1 aliphatic rings. The summed E-state index contributed by atoms with van der Waals surface area (Å²) in [5, 5.41) is 11.8. The predicted octanol–water partition coefficient (Wildman–Crippen LogP) is 2.43. The topological polar surface area (TPSA) is 62.6 Å². The smallest absolute Gasteiger partial charge is 0.153 e. The zero-order valence-electron chi connectivity index (χ0n) is 13.8. The Hall–Kier alpha value is -1.69. The Morgan fingerprint density at radius 3 is 2.91 bits per heavy atom. The van der Waals surface area contributed by atoms with Crippen molar-refractivity contribution in [1.29, 1.82) is 0 Å². The lowest BCUT2D eigenvalue weighted by atomic mass is 10.0. The Morgan fingerprint density at radius 1 is 1.36 bits per heavy atom.